The summed E-state index contributed by atoms with van der Waals surface area (Å²) < 4.78 is 14.3. The van der Waals surface area contributed by atoms with Crippen LogP contribution in [0.15, 0.2) is 193 Å². The van der Waals surface area contributed by atoms with Crippen molar-refractivity contribution in [2.24, 2.45) is 0 Å². The van der Waals surface area contributed by atoms with Gasteiger partial charge in [-0.3, -0.25) is 0 Å². The normalized spacial score (nSPS) is 15.4. The summed E-state index contributed by atoms with van der Waals surface area (Å²) in [6, 6.07) is 61.6. The number of rotatable bonds is 3. The van der Waals surface area contributed by atoms with E-state index in [0.717, 1.165) is 58.5 Å². The summed E-state index contributed by atoms with van der Waals surface area (Å²) in [5, 5.41) is 4.80. The Hall–Kier alpha value is -6.84. The van der Waals surface area contributed by atoms with Crippen LogP contribution in [0, 0.1) is 0 Å². The number of anilines is 2. The molecule has 8 aromatic rings. The Kier molecular flexibility index (Phi) is 6.10. The molecule has 3 aliphatic carbocycles. The lowest BCUT2D eigenvalue weighted by molar-refractivity contribution is 0.285. The molecule has 12 rings (SSSR count). The minimum Gasteiger partial charge on any atom is -0.453 e. The summed E-state index contributed by atoms with van der Waals surface area (Å²) in [5.41, 5.74) is 12.8. The van der Waals surface area contributed by atoms with Crippen LogP contribution in [0.5, 0.6) is 11.5 Å². The van der Waals surface area contributed by atoms with Gasteiger partial charge >= 0.3 is 0 Å². The van der Waals surface area contributed by atoms with Gasteiger partial charge in [0.2, 0.25) is 0 Å². The monoisotopic (exact) mass is 691 g/mol. The van der Waals surface area contributed by atoms with Gasteiger partial charge in [-0.25, -0.2) is 0 Å². The minimum atomic E-state index is -0.438. The number of benzene rings is 8. The Morgan fingerprint density at radius 2 is 1.00 bits per heavy atom. The molecule has 1 aliphatic heterocycles. The topological polar surface area (TPSA) is 21.7 Å². The van der Waals surface area contributed by atoms with Gasteiger partial charge in [-0.05, 0) is 97.2 Å². The SMILES string of the molecule is C1=C(N(c2ccc3ccccc3c2)c2ccc3ccccc3c2)C2=C(CC1)Oc1c(ccc3c1-c1ccccc1C31c3ccccc3-c3ccccc31)O2. The van der Waals surface area contributed by atoms with Gasteiger partial charge in [-0.15, -0.1) is 0 Å². The Bertz CT molecular complexity index is 2840. The van der Waals surface area contributed by atoms with Crippen LogP contribution in [0.1, 0.15) is 35.1 Å². The highest BCUT2D eigenvalue weighted by molar-refractivity contribution is 5.98. The molecule has 0 saturated carbocycles. The molecule has 254 valence electrons. The summed E-state index contributed by atoms with van der Waals surface area (Å²) in [6.45, 7) is 0. The largest absolute Gasteiger partial charge is 0.453 e. The van der Waals surface area contributed by atoms with Crippen LogP contribution in [-0.4, -0.2) is 0 Å². The summed E-state index contributed by atoms with van der Waals surface area (Å²) >= 11 is 0. The molecular weight excluding hydrogens is 659 g/mol. The van der Waals surface area contributed by atoms with Gasteiger partial charge in [0.05, 0.1) is 11.1 Å². The lowest BCUT2D eigenvalue weighted by Crippen LogP contribution is -2.27. The third-order valence-electron chi connectivity index (χ3n) is 11.9. The molecule has 0 amide bonds. The van der Waals surface area contributed by atoms with Crippen LogP contribution in [-0.2, 0) is 5.41 Å². The van der Waals surface area contributed by atoms with Crippen molar-refractivity contribution in [2.75, 3.05) is 4.90 Å². The Morgan fingerprint density at radius 3 is 1.63 bits per heavy atom. The molecule has 3 heteroatoms. The maximum atomic E-state index is 7.19. The second kappa shape index (κ2) is 11.1. The first-order chi connectivity index (χ1) is 26.8. The van der Waals surface area contributed by atoms with E-state index in [4.69, 9.17) is 9.47 Å². The standard InChI is InChI=1S/C51H33NO2/c1-3-14-34-30-36(26-24-32(34)12-1)52(37-27-25-33-13-2-4-15-35(33)31-37)45-22-11-23-46-49(45)53-47-29-28-44-48(50(47)54-46)40-18-7-10-21-43(40)51(44)41-19-8-5-16-38(41)39-17-6-9-20-42(39)51/h1-10,12-22,24-31H,11,23H2. The third kappa shape index (κ3) is 3.96. The maximum absolute atomic E-state index is 7.19. The molecule has 54 heavy (non-hydrogen) atoms. The summed E-state index contributed by atoms with van der Waals surface area (Å²) in [7, 11) is 0. The number of fused-ring (bicyclic) bond motifs is 14. The van der Waals surface area contributed by atoms with Crippen LogP contribution < -0.4 is 14.4 Å². The van der Waals surface area contributed by atoms with Gasteiger partial charge < -0.3 is 14.4 Å². The number of nitrogens with zero attached hydrogens (tertiary/aromatic N) is 1. The van der Waals surface area contributed by atoms with E-state index < -0.39 is 5.41 Å². The summed E-state index contributed by atoms with van der Waals surface area (Å²) in [5.74, 6) is 3.18. The first kappa shape index (κ1) is 29.7. The number of ether oxygens (including phenoxy) is 2. The maximum Gasteiger partial charge on any atom is 0.189 e. The predicted octanol–water partition coefficient (Wildman–Crippen LogP) is 12.8. The molecule has 0 unspecified atom stereocenters. The molecule has 0 aromatic heterocycles. The highest BCUT2D eigenvalue weighted by Crippen LogP contribution is 2.65. The Morgan fingerprint density at radius 1 is 0.463 bits per heavy atom. The lowest BCUT2D eigenvalue weighted by atomic mass is 9.70. The second-order valence-electron chi connectivity index (χ2n) is 14.7. The highest BCUT2D eigenvalue weighted by atomic mass is 16.6. The van der Waals surface area contributed by atoms with E-state index in [1.807, 2.05) is 0 Å². The predicted molar refractivity (Wildman–Crippen MR) is 218 cm³/mol. The number of hydrogen-bond donors (Lipinski definition) is 0. The zero-order chi connectivity index (χ0) is 35.4. The van der Waals surface area contributed by atoms with Gasteiger partial charge in [0.1, 0.15) is 5.76 Å². The average molecular weight is 692 g/mol. The van der Waals surface area contributed by atoms with Crippen molar-refractivity contribution in [2.45, 2.75) is 18.3 Å². The molecule has 1 spiro atoms. The third-order valence-corrected chi connectivity index (χ3v) is 11.9. The number of hydrogen-bond acceptors (Lipinski definition) is 3. The van der Waals surface area contributed by atoms with Crippen molar-refractivity contribution in [3.63, 3.8) is 0 Å². The molecule has 8 aromatic carbocycles. The molecule has 0 saturated heterocycles. The summed E-state index contributed by atoms with van der Waals surface area (Å²) in [4.78, 5) is 2.34. The Labute approximate surface area is 313 Å². The zero-order valence-electron chi connectivity index (χ0n) is 29.4. The fourth-order valence-corrected chi connectivity index (χ4v) is 9.69. The Balaban J connectivity index is 1.04. The highest BCUT2D eigenvalue weighted by Gasteiger charge is 2.53. The van der Waals surface area contributed by atoms with E-state index >= 15 is 0 Å². The number of allylic oxidation sites excluding steroid dienone is 2. The van der Waals surface area contributed by atoms with Crippen LogP contribution >= 0.6 is 0 Å². The average Bonchev–Trinajstić information content (AvgIpc) is 3.71. The van der Waals surface area contributed by atoms with E-state index in [1.165, 1.54) is 60.5 Å². The zero-order valence-corrected chi connectivity index (χ0v) is 29.4. The molecule has 4 aliphatic rings. The van der Waals surface area contributed by atoms with Crippen molar-refractivity contribution in [3.8, 4) is 33.8 Å². The van der Waals surface area contributed by atoms with Crippen LogP contribution in [0.4, 0.5) is 11.4 Å². The summed E-state index contributed by atoms with van der Waals surface area (Å²) in [6.07, 6.45) is 3.89. The van der Waals surface area contributed by atoms with Gasteiger partial charge in [-0.2, -0.15) is 0 Å². The molecule has 0 atom stereocenters. The molecule has 0 N–H and O–H groups in total. The van der Waals surface area contributed by atoms with Crippen LogP contribution in [0.3, 0.4) is 0 Å². The van der Waals surface area contributed by atoms with E-state index in [1.54, 1.807) is 0 Å². The molecule has 0 fully saturated rings. The van der Waals surface area contributed by atoms with Crippen molar-refractivity contribution in [1.29, 1.82) is 0 Å². The van der Waals surface area contributed by atoms with Crippen molar-refractivity contribution < 1.29 is 9.47 Å². The molecule has 0 bridgehead atoms. The minimum absolute atomic E-state index is 0.438. The molecular formula is C51H33NO2. The molecule has 1 heterocycles. The second-order valence-corrected chi connectivity index (χ2v) is 14.7. The first-order valence-corrected chi connectivity index (χ1v) is 18.8. The quantitative estimate of drug-likeness (QED) is 0.184. The van der Waals surface area contributed by atoms with Crippen molar-refractivity contribution >= 4 is 32.9 Å². The van der Waals surface area contributed by atoms with Crippen molar-refractivity contribution in [1.82, 2.24) is 0 Å². The van der Waals surface area contributed by atoms with Gasteiger partial charge in [0, 0.05) is 23.4 Å². The molecule has 3 nitrogen and oxygen atoms in total. The van der Waals surface area contributed by atoms with E-state index in [0.29, 0.717) is 0 Å². The smallest absolute Gasteiger partial charge is 0.189 e. The van der Waals surface area contributed by atoms with E-state index in [9.17, 15) is 0 Å². The van der Waals surface area contributed by atoms with Gasteiger partial charge in [-0.1, -0.05) is 146 Å². The van der Waals surface area contributed by atoms with Crippen molar-refractivity contribution in [3.05, 3.63) is 215 Å². The fraction of sp³-hybridized carbons (Fsp3) is 0.0588. The van der Waals surface area contributed by atoms with Crippen LogP contribution in [0.2, 0.25) is 0 Å². The van der Waals surface area contributed by atoms with Crippen LogP contribution in [0.25, 0.3) is 43.8 Å². The molecule has 0 radical (unpaired) electrons. The van der Waals surface area contributed by atoms with E-state index in [2.05, 4.69) is 181 Å². The fourth-order valence-electron chi connectivity index (χ4n) is 9.69. The van der Waals surface area contributed by atoms with Gasteiger partial charge in [0.15, 0.2) is 17.3 Å². The lowest BCUT2D eigenvalue weighted by Gasteiger charge is -2.35. The first-order valence-electron chi connectivity index (χ1n) is 18.8. The van der Waals surface area contributed by atoms with Gasteiger partial charge in [0.25, 0.3) is 0 Å². The van der Waals surface area contributed by atoms with E-state index in [-0.39, 0.29) is 0 Å².